The van der Waals surface area contributed by atoms with Crippen molar-refractivity contribution in [2.75, 3.05) is 23.9 Å². The molecule has 1 saturated heterocycles. The molecule has 94 valence electrons. The predicted octanol–water partition coefficient (Wildman–Crippen LogP) is 0.224. The second-order valence-electron chi connectivity index (χ2n) is 4.33. The summed E-state index contributed by atoms with van der Waals surface area (Å²) in [6, 6.07) is 7.45. The van der Waals surface area contributed by atoms with Gasteiger partial charge < -0.3 is 5.73 Å². The number of rotatable bonds is 2. The molecular formula is C11H17N3O2S. The van der Waals surface area contributed by atoms with E-state index in [1.54, 1.807) is 6.07 Å². The first-order valence-corrected chi connectivity index (χ1v) is 7.01. The summed E-state index contributed by atoms with van der Waals surface area (Å²) in [5.74, 6) is 0.152. The molecule has 0 bridgehead atoms. The maximum Gasteiger partial charge on any atom is 0.301 e. The Hall–Kier alpha value is -1.11. The number of nitrogens with zero attached hydrogens (tertiary/aromatic N) is 1. The van der Waals surface area contributed by atoms with Crippen LogP contribution in [0.2, 0.25) is 0 Å². The smallest absolute Gasteiger partial charge is 0.301 e. The third-order valence-electron chi connectivity index (χ3n) is 2.89. The van der Waals surface area contributed by atoms with Gasteiger partial charge in [-0.25, -0.2) is 0 Å². The molecule has 0 aliphatic carbocycles. The highest BCUT2D eigenvalue weighted by Gasteiger charge is 2.30. The normalized spacial score (nSPS) is 23.6. The first kappa shape index (κ1) is 12.3. The fourth-order valence-electron chi connectivity index (χ4n) is 1.88. The molecular weight excluding hydrogens is 238 g/mol. The Morgan fingerprint density at radius 3 is 2.94 bits per heavy atom. The minimum atomic E-state index is -3.41. The minimum absolute atomic E-state index is 0.152. The van der Waals surface area contributed by atoms with Crippen LogP contribution in [0.3, 0.4) is 0 Å². The highest BCUT2D eigenvalue weighted by Crippen LogP contribution is 2.22. The average Bonchev–Trinajstić information content (AvgIpc) is 2.29. The number of aryl methyl sites for hydroxylation is 1. The van der Waals surface area contributed by atoms with E-state index in [9.17, 15) is 8.42 Å². The molecule has 17 heavy (non-hydrogen) atoms. The van der Waals surface area contributed by atoms with Crippen molar-refractivity contribution in [3.05, 3.63) is 29.8 Å². The number of hydrogen-bond acceptors (Lipinski definition) is 3. The van der Waals surface area contributed by atoms with Crippen LogP contribution in [0.15, 0.2) is 24.3 Å². The zero-order chi connectivity index (χ0) is 12.5. The molecule has 1 fully saturated rings. The molecule has 1 aromatic rings. The first-order chi connectivity index (χ1) is 8.03. The lowest BCUT2D eigenvalue weighted by Crippen LogP contribution is -2.53. The van der Waals surface area contributed by atoms with Crippen molar-refractivity contribution in [2.45, 2.75) is 6.92 Å². The lowest BCUT2D eigenvalue weighted by molar-refractivity contribution is 0.486. The van der Waals surface area contributed by atoms with Gasteiger partial charge in [0.15, 0.2) is 0 Å². The van der Waals surface area contributed by atoms with E-state index in [1.165, 1.54) is 4.31 Å². The molecule has 1 aliphatic heterocycles. The second-order valence-corrected chi connectivity index (χ2v) is 6.00. The summed E-state index contributed by atoms with van der Waals surface area (Å²) in [6.07, 6.45) is 0. The Morgan fingerprint density at radius 2 is 2.29 bits per heavy atom. The first-order valence-electron chi connectivity index (χ1n) is 5.57. The van der Waals surface area contributed by atoms with Crippen LogP contribution in [0.1, 0.15) is 5.56 Å². The molecule has 2 rings (SSSR count). The summed E-state index contributed by atoms with van der Waals surface area (Å²) in [5, 5.41) is 0. The molecule has 3 N–H and O–H groups in total. The summed E-state index contributed by atoms with van der Waals surface area (Å²) in [7, 11) is -3.41. The molecule has 0 saturated carbocycles. The van der Waals surface area contributed by atoms with Crippen LogP contribution in [0, 0.1) is 12.8 Å². The third-order valence-corrected chi connectivity index (χ3v) is 4.36. The summed E-state index contributed by atoms with van der Waals surface area (Å²) in [4.78, 5) is 0. The van der Waals surface area contributed by atoms with Crippen LogP contribution in [0.5, 0.6) is 0 Å². The molecule has 5 nitrogen and oxygen atoms in total. The van der Waals surface area contributed by atoms with E-state index in [1.807, 2.05) is 25.1 Å². The van der Waals surface area contributed by atoms with E-state index in [-0.39, 0.29) is 5.92 Å². The van der Waals surface area contributed by atoms with Gasteiger partial charge in [0.05, 0.1) is 5.69 Å². The number of anilines is 1. The largest absolute Gasteiger partial charge is 0.330 e. The van der Waals surface area contributed by atoms with Gasteiger partial charge in [-0.2, -0.15) is 13.1 Å². The van der Waals surface area contributed by atoms with Crippen LogP contribution in [0.4, 0.5) is 5.69 Å². The van der Waals surface area contributed by atoms with Gasteiger partial charge in [0, 0.05) is 19.0 Å². The molecule has 0 radical (unpaired) electrons. The van der Waals surface area contributed by atoms with Crippen molar-refractivity contribution in [3.63, 3.8) is 0 Å². The van der Waals surface area contributed by atoms with Gasteiger partial charge in [0.2, 0.25) is 0 Å². The monoisotopic (exact) mass is 255 g/mol. The topological polar surface area (TPSA) is 75.4 Å². The molecule has 1 aliphatic rings. The number of benzene rings is 1. The van der Waals surface area contributed by atoms with Crippen molar-refractivity contribution >= 4 is 15.9 Å². The van der Waals surface area contributed by atoms with Crippen LogP contribution < -0.4 is 14.8 Å². The average molecular weight is 255 g/mol. The number of nitrogens with one attached hydrogen (secondary N) is 1. The third kappa shape index (κ3) is 2.59. The summed E-state index contributed by atoms with van der Waals surface area (Å²) >= 11 is 0. The van der Waals surface area contributed by atoms with E-state index in [0.29, 0.717) is 25.3 Å². The highest BCUT2D eigenvalue weighted by molar-refractivity contribution is 7.90. The van der Waals surface area contributed by atoms with Crippen LogP contribution in [-0.4, -0.2) is 28.1 Å². The molecule has 6 heteroatoms. The summed E-state index contributed by atoms with van der Waals surface area (Å²) < 4.78 is 27.8. The minimum Gasteiger partial charge on any atom is -0.330 e. The Balaban J connectivity index is 2.34. The summed E-state index contributed by atoms with van der Waals surface area (Å²) in [5.41, 5.74) is 7.33. The lowest BCUT2D eigenvalue weighted by atomic mass is 10.1. The number of nitrogens with two attached hydrogens (primary N) is 1. The molecule has 1 aromatic carbocycles. The molecule has 0 spiro atoms. The highest BCUT2D eigenvalue weighted by atomic mass is 32.2. The summed E-state index contributed by atoms with van der Waals surface area (Å²) in [6.45, 7) is 3.27. The van der Waals surface area contributed by atoms with E-state index in [4.69, 9.17) is 5.73 Å². The van der Waals surface area contributed by atoms with Crippen molar-refractivity contribution in [1.29, 1.82) is 0 Å². The second kappa shape index (κ2) is 4.64. The van der Waals surface area contributed by atoms with Crippen LogP contribution >= 0.6 is 0 Å². The van der Waals surface area contributed by atoms with E-state index in [0.717, 1.165) is 5.56 Å². The molecule has 1 atom stereocenters. The molecule has 1 heterocycles. The Bertz CT molecular complexity index is 501. The van der Waals surface area contributed by atoms with Gasteiger partial charge in [0.1, 0.15) is 0 Å². The van der Waals surface area contributed by atoms with Gasteiger partial charge in [-0.3, -0.25) is 4.31 Å². The molecule has 1 unspecified atom stereocenters. The quantitative estimate of drug-likeness (QED) is 0.794. The zero-order valence-electron chi connectivity index (χ0n) is 9.76. The van der Waals surface area contributed by atoms with Crippen LogP contribution in [0.25, 0.3) is 0 Å². The lowest BCUT2D eigenvalue weighted by Gasteiger charge is -2.33. The van der Waals surface area contributed by atoms with E-state index < -0.39 is 10.2 Å². The Morgan fingerprint density at radius 1 is 1.53 bits per heavy atom. The van der Waals surface area contributed by atoms with Crippen molar-refractivity contribution in [1.82, 2.24) is 4.72 Å². The van der Waals surface area contributed by atoms with Crippen molar-refractivity contribution in [2.24, 2.45) is 11.7 Å². The fraction of sp³-hybridized carbons (Fsp3) is 0.455. The van der Waals surface area contributed by atoms with Crippen molar-refractivity contribution in [3.8, 4) is 0 Å². The Labute approximate surface area is 102 Å². The van der Waals surface area contributed by atoms with Gasteiger partial charge >= 0.3 is 10.2 Å². The SMILES string of the molecule is Cc1cccc(N2CC(CN)CNS2(=O)=O)c1. The predicted molar refractivity (Wildman–Crippen MR) is 68.0 cm³/mol. The van der Waals surface area contributed by atoms with Crippen molar-refractivity contribution < 1.29 is 8.42 Å². The maximum absolute atomic E-state index is 11.9. The van der Waals surface area contributed by atoms with Gasteiger partial charge in [-0.15, -0.1) is 0 Å². The molecule has 0 aromatic heterocycles. The zero-order valence-corrected chi connectivity index (χ0v) is 10.6. The van der Waals surface area contributed by atoms with Gasteiger partial charge in [0.25, 0.3) is 0 Å². The fourth-order valence-corrected chi connectivity index (χ4v) is 3.28. The van der Waals surface area contributed by atoms with E-state index in [2.05, 4.69) is 4.72 Å². The Kier molecular flexibility index (Phi) is 3.37. The van der Waals surface area contributed by atoms with Crippen LogP contribution in [-0.2, 0) is 10.2 Å². The maximum atomic E-state index is 11.9. The number of hydrogen-bond donors (Lipinski definition) is 2. The molecule has 0 amide bonds. The standard InChI is InChI=1S/C11H17N3O2S/c1-9-3-2-4-11(5-9)14-8-10(6-12)7-13-17(14,15)16/h2-5,10,13H,6-8,12H2,1H3. The van der Waals surface area contributed by atoms with Gasteiger partial charge in [-0.05, 0) is 31.2 Å². The van der Waals surface area contributed by atoms with E-state index >= 15 is 0 Å². The van der Waals surface area contributed by atoms with Gasteiger partial charge in [-0.1, -0.05) is 12.1 Å².